The van der Waals surface area contributed by atoms with E-state index in [-0.39, 0.29) is 0 Å². The fourth-order valence-electron chi connectivity index (χ4n) is 1.79. The molecule has 0 saturated carbocycles. The third-order valence-electron chi connectivity index (χ3n) is 2.60. The molecule has 0 saturated heterocycles. The third-order valence-corrected chi connectivity index (χ3v) is 3.72. The molecule has 1 N–H and O–H groups in total. The second-order valence-electron chi connectivity index (χ2n) is 3.76. The van der Waals surface area contributed by atoms with Crippen molar-refractivity contribution >= 4 is 23.1 Å². The van der Waals surface area contributed by atoms with E-state index in [9.17, 15) is 0 Å². The Kier molecular flexibility index (Phi) is 2.46. The molecule has 0 fully saturated rings. The van der Waals surface area contributed by atoms with Crippen molar-refractivity contribution in [1.29, 1.82) is 5.26 Å². The summed E-state index contributed by atoms with van der Waals surface area (Å²) < 4.78 is 0. The molecule has 0 bridgehead atoms. The molecule has 82 valence electrons. The summed E-state index contributed by atoms with van der Waals surface area (Å²) in [6.45, 7) is 0. The molecule has 1 aliphatic rings. The average molecular weight is 239 g/mol. The molecule has 3 nitrogen and oxygen atoms in total. The zero-order valence-corrected chi connectivity index (χ0v) is 9.79. The zero-order valence-electron chi connectivity index (χ0n) is 8.97. The Labute approximate surface area is 103 Å². The second-order valence-corrected chi connectivity index (χ2v) is 4.85. The highest BCUT2D eigenvalue weighted by Gasteiger charge is 2.15. The van der Waals surface area contributed by atoms with E-state index in [4.69, 9.17) is 5.26 Å². The van der Waals surface area contributed by atoms with Crippen LogP contribution in [0.15, 0.2) is 46.5 Å². The van der Waals surface area contributed by atoms with Gasteiger partial charge in [-0.2, -0.15) is 5.26 Å². The molecule has 1 aromatic carbocycles. The average Bonchev–Trinajstić information content (AvgIpc) is 2.36. The van der Waals surface area contributed by atoms with E-state index in [0.717, 1.165) is 21.8 Å². The molecule has 4 heteroatoms. The van der Waals surface area contributed by atoms with Crippen LogP contribution in [0.1, 0.15) is 5.56 Å². The first-order valence-corrected chi connectivity index (χ1v) is 6.07. The molecular formula is C13H9N3S. The highest BCUT2D eigenvalue weighted by Crippen LogP contribution is 2.43. The number of hydrogen-bond donors (Lipinski definition) is 1. The zero-order chi connectivity index (χ0) is 11.7. The Balaban J connectivity index is 2.01. The molecule has 1 aromatic heterocycles. The van der Waals surface area contributed by atoms with Crippen LogP contribution in [0.4, 0.5) is 11.4 Å². The van der Waals surface area contributed by atoms with Crippen LogP contribution in [0.2, 0.25) is 0 Å². The summed E-state index contributed by atoms with van der Waals surface area (Å²) in [5.41, 5.74) is 3.19. The fraction of sp³-hybridized carbons (Fsp3) is 0.0769. The molecule has 0 amide bonds. The minimum absolute atomic E-state index is 0.447. The first-order valence-electron chi connectivity index (χ1n) is 5.25. The SMILES string of the molecule is N#CCc1ccc2c(c1)Nc1ccncc1S2. The lowest BCUT2D eigenvalue weighted by molar-refractivity contribution is 1.19. The normalized spacial score (nSPS) is 11.9. The molecule has 0 unspecified atom stereocenters. The molecule has 1 aliphatic heterocycles. The van der Waals surface area contributed by atoms with E-state index < -0.39 is 0 Å². The van der Waals surface area contributed by atoms with Crippen LogP contribution in [0, 0.1) is 11.3 Å². The Morgan fingerprint density at radius 1 is 1.24 bits per heavy atom. The summed E-state index contributed by atoms with van der Waals surface area (Å²) in [5, 5.41) is 12.1. The number of anilines is 2. The van der Waals surface area contributed by atoms with Gasteiger partial charge in [0.15, 0.2) is 0 Å². The quantitative estimate of drug-likeness (QED) is 0.707. The maximum Gasteiger partial charge on any atom is 0.0669 e. The molecular weight excluding hydrogens is 230 g/mol. The van der Waals surface area contributed by atoms with Gasteiger partial charge in [0.2, 0.25) is 0 Å². The van der Waals surface area contributed by atoms with Crippen molar-refractivity contribution in [3.63, 3.8) is 0 Å². The van der Waals surface area contributed by atoms with E-state index in [1.807, 2.05) is 24.4 Å². The van der Waals surface area contributed by atoms with Gasteiger partial charge >= 0.3 is 0 Å². The van der Waals surface area contributed by atoms with E-state index >= 15 is 0 Å². The lowest BCUT2D eigenvalue weighted by Crippen LogP contribution is -2.00. The van der Waals surface area contributed by atoms with Gasteiger partial charge in [-0.3, -0.25) is 4.98 Å². The monoisotopic (exact) mass is 239 g/mol. The minimum atomic E-state index is 0.447. The van der Waals surface area contributed by atoms with Crippen molar-refractivity contribution in [2.75, 3.05) is 5.32 Å². The van der Waals surface area contributed by atoms with E-state index in [1.54, 1.807) is 18.0 Å². The number of rotatable bonds is 1. The van der Waals surface area contributed by atoms with Crippen molar-refractivity contribution in [1.82, 2.24) is 4.98 Å². The van der Waals surface area contributed by atoms with Crippen LogP contribution in [0.3, 0.4) is 0 Å². The second kappa shape index (κ2) is 4.11. The van der Waals surface area contributed by atoms with Crippen molar-refractivity contribution in [3.8, 4) is 6.07 Å². The minimum Gasteiger partial charge on any atom is -0.354 e. The molecule has 2 aromatic rings. The number of pyridine rings is 1. The van der Waals surface area contributed by atoms with Crippen molar-refractivity contribution in [3.05, 3.63) is 42.2 Å². The predicted molar refractivity (Wildman–Crippen MR) is 67.4 cm³/mol. The van der Waals surface area contributed by atoms with Crippen LogP contribution in [-0.4, -0.2) is 4.98 Å². The Morgan fingerprint density at radius 3 is 3.06 bits per heavy atom. The first-order chi connectivity index (χ1) is 8.36. The van der Waals surface area contributed by atoms with Gasteiger partial charge in [0.05, 0.1) is 28.8 Å². The molecule has 3 rings (SSSR count). The van der Waals surface area contributed by atoms with Gasteiger partial charge < -0.3 is 5.32 Å². The molecule has 2 heterocycles. The van der Waals surface area contributed by atoms with E-state index in [2.05, 4.69) is 22.4 Å². The maximum atomic E-state index is 8.70. The molecule has 0 aliphatic carbocycles. The van der Waals surface area contributed by atoms with E-state index in [0.29, 0.717) is 6.42 Å². The summed E-state index contributed by atoms with van der Waals surface area (Å²) >= 11 is 1.70. The van der Waals surface area contributed by atoms with E-state index in [1.165, 1.54) is 4.90 Å². The molecule has 0 radical (unpaired) electrons. The molecule has 0 spiro atoms. The number of aromatic nitrogens is 1. The highest BCUT2D eigenvalue weighted by molar-refractivity contribution is 7.99. The van der Waals surface area contributed by atoms with Gasteiger partial charge in [-0.05, 0) is 23.8 Å². The Bertz CT molecular complexity index is 616. The molecule has 0 atom stereocenters. The summed E-state index contributed by atoms with van der Waals surface area (Å²) in [5.74, 6) is 0. The summed E-state index contributed by atoms with van der Waals surface area (Å²) in [4.78, 5) is 6.42. The van der Waals surface area contributed by atoms with Crippen LogP contribution in [0.25, 0.3) is 0 Å². The van der Waals surface area contributed by atoms with Gasteiger partial charge in [-0.25, -0.2) is 0 Å². The van der Waals surface area contributed by atoms with Crippen molar-refractivity contribution in [2.24, 2.45) is 0 Å². The van der Waals surface area contributed by atoms with Crippen LogP contribution < -0.4 is 5.32 Å². The first kappa shape index (κ1) is 10.2. The summed E-state index contributed by atoms with van der Waals surface area (Å²) in [7, 11) is 0. The number of nitriles is 1. The highest BCUT2D eigenvalue weighted by atomic mass is 32.2. The summed E-state index contributed by atoms with van der Waals surface area (Å²) in [6.07, 6.45) is 4.08. The van der Waals surface area contributed by atoms with Gasteiger partial charge in [0.25, 0.3) is 0 Å². The van der Waals surface area contributed by atoms with Crippen molar-refractivity contribution in [2.45, 2.75) is 16.2 Å². The maximum absolute atomic E-state index is 8.70. The Morgan fingerprint density at radius 2 is 2.18 bits per heavy atom. The number of nitrogens with zero attached hydrogens (tertiary/aromatic N) is 2. The summed E-state index contributed by atoms with van der Waals surface area (Å²) in [6, 6.07) is 10.2. The standard InChI is InChI=1S/C13H9N3S/c14-5-3-9-1-2-12-11(7-9)16-10-4-6-15-8-13(10)17-12/h1-2,4,6-8,16H,3H2. The predicted octanol–water partition coefficient (Wildman–Crippen LogP) is 3.36. The number of benzene rings is 1. The third kappa shape index (κ3) is 1.85. The Hall–Kier alpha value is -1.99. The van der Waals surface area contributed by atoms with Crippen LogP contribution in [-0.2, 0) is 6.42 Å². The number of hydrogen-bond acceptors (Lipinski definition) is 4. The number of nitrogens with one attached hydrogen (secondary N) is 1. The molecule has 17 heavy (non-hydrogen) atoms. The fourth-order valence-corrected chi connectivity index (χ4v) is 2.73. The van der Waals surface area contributed by atoms with Crippen molar-refractivity contribution < 1.29 is 0 Å². The lowest BCUT2D eigenvalue weighted by atomic mass is 10.1. The lowest BCUT2D eigenvalue weighted by Gasteiger charge is -2.20. The van der Waals surface area contributed by atoms with Gasteiger partial charge in [0.1, 0.15) is 0 Å². The van der Waals surface area contributed by atoms with Crippen LogP contribution >= 0.6 is 11.8 Å². The largest absolute Gasteiger partial charge is 0.354 e. The number of fused-ring (bicyclic) bond motifs is 2. The van der Waals surface area contributed by atoms with Gasteiger partial charge in [-0.1, -0.05) is 17.8 Å². The topological polar surface area (TPSA) is 48.7 Å². The van der Waals surface area contributed by atoms with Crippen LogP contribution in [0.5, 0.6) is 0 Å². The van der Waals surface area contributed by atoms with Gasteiger partial charge in [-0.15, -0.1) is 0 Å². The van der Waals surface area contributed by atoms with Gasteiger partial charge in [0, 0.05) is 17.3 Å². The smallest absolute Gasteiger partial charge is 0.0669 e.